The minimum Gasteiger partial charge on any atom is -0.263 e. The summed E-state index contributed by atoms with van der Waals surface area (Å²) < 4.78 is 0. The molecule has 0 aliphatic rings. The minimum atomic E-state index is 0.577. The molecule has 3 heteroatoms. The Labute approximate surface area is 64.5 Å². The van der Waals surface area contributed by atoms with Crippen LogP contribution in [0.3, 0.4) is 0 Å². The number of aromatic nitrogens is 1. The number of halogens is 1. The Balaban J connectivity index is 2.94. The molecule has 9 heavy (non-hydrogen) atoms. The average Bonchev–Trinajstić information content (AvgIpc) is 1.88. The SMILES string of the molecule is [S]Cc1cncc(Cl)c1. The third kappa shape index (κ3) is 1.88. The Morgan fingerprint density at radius 3 is 2.78 bits per heavy atom. The van der Waals surface area contributed by atoms with Crippen LogP contribution >= 0.6 is 24.2 Å². The second-order valence-corrected chi connectivity index (χ2v) is 2.38. The van der Waals surface area contributed by atoms with Crippen molar-refractivity contribution in [3.05, 3.63) is 29.0 Å². The van der Waals surface area contributed by atoms with Crippen molar-refractivity contribution < 1.29 is 0 Å². The lowest BCUT2D eigenvalue weighted by molar-refractivity contribution is 1.26. The monoisotopic (exact) mass is 158 g/mol. The average molecular weight is 159 g/mol. The molecular formula is C6H5ClNS. The lowest BCUT2D eigenvalue weighted by atomic mass is 10.3. The molecule has 1 radical (unpaired) electrons. The molecule has 0 fully saturated rings. The zero-order valence-electron chi connectivity index (χ0n) is 4.67. The zero-order chi connectivity index (χ0) is 6.69. The van der Waals surface area contributed by atoms with Crippen molar-refractivity contribution in [2.24, 2.45) is 0 Å². The molecule has 1 heterocycles. The fourth-order valence-electron chi connectivity index (χ4n) is 0.535. The van der Waals surface area contributed by atoms with E-state index in [-0.39, 0.29) is 0 Å². The van der Waals surface area contributed by atoms with Crippen molar-refractivity contribution in [1.29, 1.82) is 0 Å². The summed E-state index contributed by atoms with van der Waals surface area (Å²) in [6, 6.07) is 1.82. The summed E-state index contributed by atoms with van der Waals surface area (Å²) in [5, 5.41) is 0.650. The molecule has 0 aromatic carbocycles. The standard InChI is InChI=1S/C6H5ClNS/c7-6-1-5(4-9)2-8-3-6/h1-3H,4H2. The Hall–Kier alpha value is -0.210. The number of pyridine rings is 1. The molecular weight excluding hydrogens is 154 g/mol. The second-order valence-electron chi connectivity index (χ2n) is 1.66. The molecule has 0 aliphatic carbocycles. The van der Waals surface area contributed by atoms with E-state index in [4.69, 9.17) is 24.2 Å². The molecule has 0 spiro atoms. The summed E-state index contributed by atoms with van der Waals surface area (Å²) in [4.78, 5) is 3.86. The molecule has 0 unspecified atom stereocenters. The highest BCUT2D eigenvalue weighted by Gasteiger charge is 1.89. The van der Waals surface area contributed by atoms with E-state index in [0.717, 1.165) is 5.56 Å². The van der Waals surface area contributed by atoms with Gasteiger partial charge in [0.25, 0.3) is 0 Å². The summed E-state index contributed by atoms with van der Waals surface area (Å²) in [6.07, 6.45) is 3.31. The van der Waals surface area contributed by atoms with Crippen molar-refractivity contribution in [3.8, 4) is 0 Å². The van der Waals surface area contributed by atoms with Gasteiger partial charge in [-0.25, -0.2) is 0 Å². The van der Waals surface area contributed by atoms with Crippen molar-refractivity contribution >= 4 is 24.2 Å². The first-order valence-electron chi connectivity index (χ1n) is 2.50. The summed E-state index contributed by atoms with van der Waals surface area (Å²) in [6.45, 7) is 0. The first-order chi connectivity index (χ1) is 4.33. The maximum Gasteiger partial charge on any atom is 0.0592 e. The van der Waals surface area contributed by atoms with Crippen LogP contribution in [0.25, 0.3) is 0 Å². The lowest BCUT2D eigenvalue weighted by Gasteiger charge is -1.91. The quantitative estimate of drug-likeness (QED) is 0.612. The zero-order valence-corrected chi connectivity index (χ0v) is 6.25. The van der Waals surface area contributed by atoms with Gasteiger partial charge in [0.1, 0.15) is 0 Å². The largest absolute Gasteiger partial charge is 0.263 e. The van der Waals surface area contributed by atoms with Crippen molar-refractivity contribution in [3.63, 3.8) is 0 Å². The van der Waals surface area contributed by atoms with E-state index >= 15 is 0 Å². The van der Waals surface area contributed by atoms with E-state index in [9.17, 15) is 0 Å². The van der Waals surface area contributed by atoms with E-state index in [2.05, 4.69) is 4.98 Å². The first kappa shape index (κ1) is 6.90. The fourth-order valence-corrected chi connectivity index (χ4v) is 0.889. The number of hydrogen-bond donors (Lipinski definition) is 0. The maximum atomic E-state index is 5.61. The van der Waals surface area contributed by atoms with Gasteiger partial charge in [0.15, 0.2) is 0 Å². The molecule has 0 aliphatic heterocycles. The van der Waals surface area contributed by atoms with Gasteiger partial charge in [0, 0.05) is 18.1 Å². The van der Waals surface area contributed by atoms with Gasteiger partial charge in [-0.05, 0) is 11.6 Å². The molecule has 1 aromatic rings. The van der Waals surface area contributed by atoms with Gasteiger partial charge in [-0.3, -0.25) is 4.98 Å². The van der Waals surface area contributed by atoms with E-state index in [1.807, 2.05) is 6.07 Å². The molecule has 0 saturated heterocycles. The van der Waals surface area contributed by atoms with Crippen LogP contribution in [0.5, 0.6) is 0 Å². The van der Waals surface area contributed by atoms with Gasteiger partial charge >= 0.3 is 0 Å². The Morgan fingerprint density at radius 2 is 2.33 bits per heavy atom. The number of hydrogen-bond acceptors (Lipinski definition) is 1. The van der Waals surface area contributed by atoms with E-state index in [1.54, 1.807) is 12.4 Å². The first-order valence-corrected chi connectivity index (χ1v) is 3.46. The molecule has 0 N–H and O–H groups in total. The Bertz CT molecular complexity index is 202. The van der Waals surface area contributed by atoms with Gasteiger partial charge in [-0.15, -0.1) is 0 Å². The lowest BCUT2D eigenvalue weighted by Crippen LogP contribution is -1.78. The Morgan fingerprint density at radius 1 is 1.56 bits per heavy atom. The van der Waals surface area contributed by atoms with Crippen molar-refractivity contribution in [2.45, 2.75) is 5.75 Å². The van der Waals surface area contributed by atoms with E-state index in [0.29, 0.717) is 10.8 Å². The van der Waals surface area contributed by atoms with Gasteiger partial charge < -0.3 is 0 Å². The molecule has 0 saturated carbocycles. The van der Waals surface area contributed by atoms with Gasteiger partial charge in [0.05, 0.1) is 5.02 Å². The molecule has 1 rings (SSSR count). The number of nitrogens with zero attached hydrogens (tertiary/aromatic N) is 1. The topological polar surface area (TPSA) is 12.9 Å². The molecule has 47 valence electrons. The third-order valence-electron chi connectivity index (χ3n) is 0.928. The molecule has 1 nitrogen and oxygen atoms in total. The number of rotatable bonds is 1. The van der Waals surface area contributed by atoms with Crippen LogP contribution in [0.1, 0.15) is 5.56 Å². The van der Waals surface area contributed by atoms with Crippen molar-refractivity contribution in [2.75, 3.05) is 0 Å². The summed E-state index contributed by atoms with van der Waals surface area (Å²) in [7, 11) is 0. The molecule has 0 atom stereocenters. The van der Waals surface area contributed by atoms with Crippen LogP contribution in [-0.2, 0) is 5.75 Å². The normalized spacial score (nSPS) is 9.56. The van der Waals surface area contributed by atoms with Crippen LogP contribution in [0.2, 0.25) is 5.02 Å². The molecule has 1 aromatic heterocycles. The maximum absolute atomic E-state index is 5.61. The van der Waals surface area contributed by atoms with Crippen LogP contribution in [0.15, 0.2) is 18.5 Å². The highest BCUT2D eigenvalue weighted by atomic mass is 35.5. The van der Waals surface area contributed by atoms with Gasteiger partial charge in [-0.2, -0.15) is 0 Å². The van der Waals surface area contributed by atoms with Crippen LogP contribution in [-0.4, -0.2) is 4.98 Å². The predicted molar refractivity (Wildman–Crippen MR) is 40.5 cm³/mol. The van der Waals surface area contributed by atoms with Crippen LogP contribution < -0.4 is 0 Å². The summed E-state index contributed by atoms with van der Waals surface area (Å²) in [5.41, 5.74) is 0.998. The Kier molecular flexibility index (Phi) is 2.37. The highest BCUT2D eigenvalue weighted by molar-refractivity contribution is 7.79. The smallest absolute Gasteiger partial charge is 0.0592 e. The highest BCUT2D eigenvalue weighted by Crippen LogP contribution is 2.09. The van der Waals surface area contributed by atoms with Crippen LogP contribution in [0.4, 0.5) is 0 Å². The third-order valence-corrected chi connectivity index (χ3v) is 1.47. The van der Waals surface area contributed by atoms with E-state index < -0.39 is 0 Å². The van der Waals surface area contributed by atoms with Crippen molar-refractivity contribution in [1.82, 2.24) is 4.98 Å². The second kappa shape index (κ2) is 3.08. The van der Waals surface area contributed by atoms with Crippen LogP contribution in [0, 0.1) is 0 Å². The van der Waals surface area contributed by atoms with Gasteiger partial charge in [0.2, 0.25) is 0 Å². The van der Waals surface area contributed by atoms with Gasteiger partial charge in [-0.1, -0.05) is 24.2 Å². The fraction of sp³-hybridized carbons (Fsp3) is 0.167. The predicted octanol–water partition coefficient (Wildman–Crippen LogP) is 2.43. The minimum absolute atomic E-state index is 0.577. The molecule has 0 amide bonds. The summed E-state index contributed by atoms with van der Waals surface area (Å²) in [5.74, 6) is 0.577. The van der Waals surface area contributed by atoms with E-state index in [1.165, 1.54) is 0 Å². The summed E-state index contributed by atoms with van der Waals surface area (Å²) >= 11 is 10.4. The molecule has 0 bridgehead atoms.